The van der Waals surface area contributed by atoms with Gasteiger partial charge < -0.3 is 15.2 Å². The number of rotatable bonds is 6. The summed E-state index contributed by atoms with van der Waals surface area (Å²) in [6, 6.07) is 4.34. The van der Waals surface area contributed by atoms with Gasteiger partial charge in [0.25, 0.3) is 5.91 Å². The van der Waals surface area contributed by atoms with Gasteiger partial charge in [-0.25, -0.2) is 8.78 Å². The molecule has 1 fully saturated rings. The summed E-state index contributed by atoms with van der Waals surface area (Å²) in [5.74, 6) is -0.988. The first-order valence-corrected chi connectivity index (χ1v) is 13.9. The van der Waals surface area contributed by atoms with E-state index < -0.39 is 17.5 Å². The number of hydrogen-bond donors (Lipinski definition) is 1. The molecule has 1 atom stereocenters. The van der Waals surface area contributed by atoms with E-state index >= 15 is 0 Å². The lowest BCUT2D eigenvalue weighted by Gasteiger charge is -2.31. The molecule has 3 rings (SSSR count). The Labute approximate surface area is 230 Å². The highest BCUT2D eigenvalue weighted by Crippen LogP contribution is 2.26. The Morgan fingerprint density at radius 3 is 2.24 bits per heavy atom. The van der Waals surface area contributed by atoms with Crippen LogP contribution in [0.2, 0.25) is 0 Å². The summed E-state index contributed by atoms with van der Waals surface area (Å²) >= 11 is 0. The Morgan fingerprint density at radius 1 is 1.16 bits per heavy atom. The molecule has 0 aliphatic carbocycles. The van der Waals surface area contributed by atoms with Gasteiger partial charge in [0.15, 0.2) is 11.6 Å². The van der Waals surface area contributed by atoms with Gasteiger partial charge in [0.2, 0.25) is 0 Å². The van der Waals surface area contributed by atoms with Gasteiger partial charge in [0.05, 0.1) is 11.3 Å². The molecule has 1 aromatic carbocycles. The fraction of sp³-hybridized carbons (Fsp3) is 0.581. The number of benzene rings is 1. The number of aryl methyl sites for hydroxylation is 2. The summed E-state index contributed by atoms with van der Waals surface area (Å²) in [5.41, 5.74) is 1.99. The van der Waals surface area contributed by atoms with Gasteiger partial charge in [-0.2, -0.15) is 0 Å². The van der Waals surface area contributed by atoms with E-state index in [1.54, 1.807) is 26.2 Å². The molecule has 1 aliphatic rings. The van der Waals surface area contributed by atoms with Gasteiger partial charge in [-0.05, 0) is 94.6 Å². The van der Waals surface area contributed by atoms with E-state index in [4.69, 9.17) is 0 Å². The molecule has 38 heavy (non-hydrogen) atoms. The topological polar surface area (TPSA) is 57.6 Å². The highest BCUT2D eigenvalue weighted by molar-refractivity contribution is 5.95. The number of nitrogens with one attached hydrogen (secondary N) is 1. The number of pyridine rings is 1. The molecule has 2 heterocycles. The van der Waals surface area contributed by atoms with Crippen molar-refractivity contribution in [2.75, 3.05) is 33.2 Å². The van der Waals surface area contributed by atoms with Crippen LogP contribution in [0.3, 0.4) is 0 Å². The van der Waals surface area contributed by atoms with Crippen molar-refractivity contribution in [1.29, 1.82) is 0 Å². The van der Waals surface area contributed by atoms with Crippen molar-refractivity contribution in [2.45, 2.75) is 74.7 Å². The van der Waals surface area contributed by atoms with Crippen molar-refractivity contribution in [3.8, 4) is 11.3 Å². The second-order valence-corrected chi connectivity index (χ2v) is 9.61. The minimum atomic E-state index is -1.15. The Kier molecular flexibility index (Phi) is 18.0. The highest BCUT2D eigenvalue weighted by atomic mass is 19.2. The highest BCUT2D eigenvalue weighted by Gasteiger charge is 2.20. The van der Waals surface area contributed by atoms with E-state index in [1.807, 2.05) is 27.7 Å². The van der Waals surface area contributed by atoms with E-state index in [2.05, 4.69) is 47.7 Å². The molecule has 1 amide bonds. The second kappa shape index (κ2) is 19.4. The molecule has 1 saturated heterocycles. The number of aromatic nitrogens is 1. The first kappa shape index (κ1) is 35.3. The fourth-order valence-electron chi connectivity index (χ4n) is 3.76. The molecule has 0 spiro atoms. The molecular weight excluding hydrogens is 482 g/mol. The SMILES string of the molecule is C=NC.CC.CCC(C)CN1CCC(C)CC1.CCNC(=O)c1ccc(-c2cc(C)c(C)cn2)c(F)c1F. The first-order chi connectivity index (χ1) is 18.1. The number of aliphatic imine (C=N–C) groups is 1. The molecule has 1 aliphatic heterocycles. The maximum atomic E-state index is 14.2. The third-order valence-corrected chi connectivity index (χ3v) is 6.46. The smallest absolute Gasteiger partial charge is 0.254 e. The Morgan fingerprint density at radius 2 is 1.74 bits per heavy atom. The third kappa shape index (κ3) is 11.8. The van der Waals surface area contributed by atoms with Crippen LogP contribution in [-0.4, -0.2) is 55.7 Å². The number of nitrogens with zero attached hydrogens (tertiary/aromatic N) is 3. The van der Waals surface area contributed by atoms with Crippen LogP contribution >= 0.6 is 0 Å². The average Bonchev–Trinajstić information content (AvgIpc) is 2.91. The standard InChI is InChI=1S/C16H16F2N2O.C11H23N.C2H5N.C2H6/c1-4-19-16(21)12-6-5-11(14(17)15(12)18)13-7-9(2)10(3)8-20-13;1-4-10(2)9-12-7-5-11(3)6-8-12;1-3-2;1-2/h5-8H,4H2,1-3H3,(H,19,21);10-11H,4-9H2,1-3H3;1H2,2H3;1-2H3. The predicted octanol–water partition coefficient (Wildman–Crippen LogP) is 7.50. The number of halogens is 2. The lowest BCUT2D eigenvalue weighted by molar-refractivity contribution is 0.0951. The molecule has 1 aromatic heterocycles. The van der Waals surface area contributed by atoms with Crippen molar-refractivity contribution in [3.05, 3.63) is 52.7 Å². The van der Waals surface area contributed by atoms with Crippen molar-refractivity contribution < 1.29 is 13.6 Å². The van der Waals surface area contributed by atoms with Gasteiger partial charge in [0.1, 0.15) is 0 Å². The van der Waals surface area contributed by atoms with E-state index in [1.165, 1.54) is 51.0 Å². The van der Waals surface area contributed by atoms with Gasteiger partial charge >= 0.3 is 0 Å². The van der Waals surface area contributed by atoms with Gasteiger partial charge in [-0.1, -0.05) is 41.0 Å². The lowest BCUT2D eigenvalue weighted by Crippen LogP contribution is -2.35. The number of amides is 1. The summed E-state index contributed by atoms with van der Waals surface area (Å²) in [4.78, 5) is 21.6. The van der Waals surface area contributed by atoms with Crippen LogP contribution in [-0.2, 0) is 0 Å². The summed E-state index contributed by atoms with van der Waals surface area (Å²) < 4.78 is 28.2. The van der Waals surface area contributed by atoms with Crippen molar-refractivity contribution in [3.63, 3.8) is 0 Å². The number of piperidine rings is 1. The lowest BCUT2D eigenvalue weighted by atomic mass is 9.98. The Bertz CT molecular complexity index is 973. The van der Waals surface area contributed by atoms with Crippen LogP contribution in [0.1, 0.15) is 82.3 Å². The second-order valence-electron chi connectivity index (χ2n) is 9.61. The van der Waals surface area contributed by atoms with Crippen LogP contribution in [0.4, 0.5) is 8.78 Å². The van der Waals surface area contributed by atoms with Gasteiger partial charge in [0, 0.05) is 31.9 Å². The number of carbonyl (C=O) groups is 1. The van der Waals surface area contributed by atoms with Crippen molar-refractivity contribution in [2.24, 2.45) is 16.8 Å². The molecule has 2 aromatic rings. The molecule has 0 bridgehead atoms. The van der Waals surface area contributed by atoms with Crippen LogP contribution in [0.5, 0.6) is 0 Å². The van der Waals surface area contributed by atoms with Crippen LogP contribution in [0.15, 0.2) is 29.4 Å². The van der Waals surface area contributed by atoms with Crippen molar-refractivity contribution in [1.82, 2.24) is 15.2 Å². The molecule has 0 radical (unpaired) electrons. The molecule has 7 heteroatoms. The van der Waals surface area contributed by atoms with Gasteiger partial charge in [-0.15, -0.1) is 0 Å². The maximum Gasteiger partial charge on any atom is 0.254 e. The molecule has 1 N–H and O–H groups in total. The summed E-state index contributed by atoms with van der Waals surface area (Å²) in [5, 5.41) is 2.44. The number of likely N-dealkylation sites (tertiary alicyclic amines) is 1. The molecular formula is C31H50F2N4O. The van der Waals surface area contributed by atoms with Gasteiger partial charge in [-0.3, -0.25) is 9.78 Å². The summed E-state index contributed by atoms with van der Waals surface area (Å²) in [6.07, 6.45) is 5.76. The van der Waals surface area contributed by atoms with E-state index in [-0.39, 0.29) is 11.1 Å². The molecule has 1 unspecified atom stereocenters. The Balaban J connectivity index is 0.000000681. The van der Waals surface area contributed by atoms with E-state index in [9.17, 15) is 13.6 Å². The summed E-state index contributed by atoms with van der Waals surface area (Å²) in [6.45, 7) is 24.0. The molecule has 214 valence electrons. The fourth-order valence-corrected chi connectivity index (χ4v) is 3.76. The quantitative estimate of drug-likeness (QED) is 0.392. The zero-order valence-electron chi connectivity index (χ0n) is 25.1. The normalized spacial score (nSPS) is 14.0. The van der Waals surface area contributed by atoms with E-state index in [0.29, 0.717) is 12.2 Å². The molecule has 0 saturated carbocycles. The Hall–Kier alpha value is -2.67. The van der Waals surface area contributed by atoms with Crippen molar-refractivity contribution >= 4 is 12.6 Å². The minimum Gasteiger partial charge on any atom is -0.352 e. The number of hydrogen-bond acceptors (Lipinski definition) is 4. The third-order valence-electron chi connectivity index (χ3n) is 6.46. The minimum absolute atomic E-state index is 0.0450. The van der Waals surface area contributed by atoms with Crippen LogP contribution < -0.4 is 5.32 Å². The van der Waals surface area contributed by atoms with Crippen LogP contribution in [0, 0.1) is 37.3 Å². The molecule has 5 nitrogen and oxygen atoms in total. The summed E-state index contributed by atoms with van der Waals surface area (Å²) in [7, 11) is 1.64. The predicted molar refractivity (Wildman–Crippen MR) is 158 cm³/mol. The zero-order valence-corrected chi connectivity index (χ0v) is 25.1. The maximum absolute atomic E-state index is 14.2. The largest absolute Gasteiger partial charge is 0.352 e. The monoisotopic (exact) mass is 532 g/mol. The van der Waals surface area contributed by atoms with Crippen LogP contribution in [0.25, 0.3) is 11.3 Å². The zero-order chi connectivity index (χ0) is 29.3. The van der Waals surface area contributed by atoms with E-state index in [0.717, 1.165) is 23.0 Å². The first-order valence-electron chi connectivity index (χ1n) is 13.9. The number of carbonyl (C=O) groups excluding carboxylic acids is 1. The average molecular weight is 533 g/mol.